The van der Waals surface area contributed by atoms with E-state index in [2.05, 4.69) is 4.90 Å². The summed E-state index contributed by atoms with van der Waals surface area (Å²) in [7, 11) is 3.62. The molecule has 2 fully saturated rings. The smallest absolute Gasteiger partial charge is 0.270 e. The van der Waals surface area contributed by atoms with Crippen molar-refractivity contribution in [1.82, 2.24) is 9.47 Å². The van der Waals surface area contributed by atoms with Crippen LogP contribution in [0.4, 0.5) is 10.1 Å². The number of carbonyl (C=O) groups excluding carboxylic acids is 1. The van der Waals surface area contributed by atoms with Crippen molar-refractivity contribution in [3.05, 3.63) is 54.1 Å². The third kappa shape index (κ3) is 2.60. The fourth-order valence-corrected chi connectivity index (χ4v) is 4.41. The summed E-state index contributed by atoms with van der Waals surface area (Å²) < 4.78 is 21.2. The van der Waals surface area contributed by atoms with Crippen molar-refractivity contribution in [3.63, 3.8) is 0 Å². The summed E-state index contributed by atoms with van der Waals surface area (Å²) in [4.78, 5) is 16.9. The fraction of sp³-hybridized carbons (Fsp3) is 0.450. The molecule has 2 aliphatic heterocycles. The van der Waals surface area contributed by atoms with E-state index in [1.54, 1.807) is 19.2 Å². The molecule has 3 heterocycles. The van der Waals surface area contributed by atoms with E-state index in [1.807, 2.05) is 40.9 Å². The minimum absolute atomic E-state index is 0.0675. The van der Waals surface area contributed by atoms with Gasteiger partial charge in [-0.15, -0.1) is 0 Å². The maximum absolute atomic E-state index is 13.7. The van der Waals surface area contributed by atoms with Crippen LogP contribution in [-0.2, 0) is 11.8 Å². The molecule has 0 radical (unpaired) electrons. The number of halogens is 1. The molecule has 0 bridgehead atoms. The first-order valence-corrected chi connectivity index (χ1v) is 9.02. The lowest BCUT2D eigenvalue weighted by molar-refractivity contribution is -0.0434. The minimum atomic E-state index is -0.227. The van der Waals surface area contributed by atoms with Gasteiger partial charge in [0.15, 0.2) is 0 Å². The molecule has 1 aromatic heterocycles. The van der Waals surface area contributed by atoms with Crippen LogP contribution in [0, 0.1) is 5.82 Å². The largest absolute Gasteiger partial charge is 0.377 e. The van der Waals surface area contributed by atoms with E-state index in [4.69, 9.17) is 4.74 Å². The number of ether oxygens (including phenoxy) is 1. The van der Waals surface area contributed by atoms with Gasteiger partial charge in [0, 0.05) is 45.7 Å². The SMILES string of the molecule is COC1CN(c2cccc(F)c2)C12CCN(C(=O)c1cccn1C)CC2. The lowest BCUT2D eigenvalue weighted by Gasteiger charge is -2.61. The number of hydrogen-bond donors (Lipinski definition) is 0. The zero-order valence-corrected chi connectivity index (χ0v) is 15.2. The predicted octanol–water partition coefficient (Wildman–Crippen LogP) is 2.67. The van der Waals surface area contributed by atoms with Crippen LogP contribution in [0.3, 0.4) is 0 Å². The average Bonchev–Trinajstić information content (AvgIpc) is 3.07. The number of methoxy groups -OCH3 is 1. The topological polar surface area (TPSA) is 37.7 Å². The molecule has 2 aliphatic rings. The van der Waals surface area contributed by atoms with Gasteiger partial charge >= 0.3 is 0 Å². The molecule has 1 atom stereocenters. The van der Waals surface area contributed by atoms with Crippen molar-refractivity contribution >= 4 is 11.6 Å². The average molecular weight is 357 g/mol. The molecule has 0 aliphatic carbocycles. The second-order valence-electron chi connectivity index (χ2n) is 7.21. The zero-order valence-electron chi connectivity index (χ0n) is 15.2. The van der Waals surface area contributed by atoms with Crippen LogP contribution in [0.1, 0.15) is 23.3 Å². The number of rotatable bonds is 3. The summed E-state index contributed by atoms with van der Waals surface area (Å²) in [5.41, 5.74) is 1.44. The number of hydrogen-bond acceptors (Lipinski definition) is 3. The van der Waals surface area contributed by atoms with Gasteiger partial charge in [0.25, 0.3) is 5.91 Å². The highest BCUT2D eigenvalue weighted by atomic mass is 19.1. The van der Waals surface area contributed by atoms with Gasteiger partial charge in [-0.3, -0.25) is 4.79 Å². The number of amides is 1. The van der Waals surface area contributed by atoms with Crippen LogP contribution >= 0.6 is 0 Å². The molecular formula is C20H24FN3O2. The Kier molecular flexibility index (Phi) is 4.23. The van der Waals surface area contributed by atoms with E-state index < -0.39 is 0 Å². The number of carbonyl (C=O) groups is 1. The summed E-state index contributed by atoms with van der Waals surface area (Å²) in [5.74, 6) is -0.159. The van der Waals surface area contributed by atoms with E-state index in [0.29, 0.717) is 18.8 Å². The third-order valence-electron chi connectivity index (χ3n) is 5.97. The second-order valence-corrected chi connectivity index (χ2v) is 7.21. The molecule has 6 heteroatoms. The number of aromatic nitrogens is 1. The van der Waals surface area contributed by atoms with Gasteiger partial charge in [-0.05, 0) is 43.2 Å². The highest BCUT2D eigenvalue weighted by molar-refractivity contribution is 5.92. The first-order chi connectivity index (χ1) is 12.5. The first kappa shape index (κ1) is 17.1. The Bertz CT molecular complexity index is 811. The van der Waals surface area contributed by atoms with E-state index in [0.717, 1.165) is 25.1 Å². The molecule has 1 spiro atoms. The van der Waals surface area contributed by atoms with Gasteiger partial charge in [-0.1, -0.05) is 6.07 Å². The molecule has 1 aromatic carbocycles. The Balaban J connectivity index is 1.52. The van der Waals surface area contributed by atoms with E-state index >= 15 is 0 Å². The third-order valence-corrected chi connectivity index (χ3v) is 5.97. The van der Waals surface area contributed by atoms with E-state index in [1.165, 1.54) is 6.07 Å². The van der Waals surface area contributed by atoms with Crippen LogP contribution in [0.15, 0.2) is 42.6 Å². The van der Waals surface area contributed by atoms with Crippen molar-refractivity contribution in [2.75, 3.05) is 31.6 Å². The van der Waals surface area contributed by atoms with Gasteiger partial charge in [0.2, 0.25) is 0 Å². The highest BCUT2D eigenvalue weighted by Gasteiger charge is 2.55. The highest BCUT2D eigenvalue weighted by Crippen LogP contribution is 2.44. The zero-order chi connectivity index (χ0) is 18.3. The van der Waals surface area contributed by atoms with Gasteiger partial charge in [-0.2, -0.15) is 0 Å². The van der Waals surface area contributed by atoms with Crippen LogP contribution in [0.5, 0.6) is 0 Å². The lowest BCUT2D eigenvalue weighted by Crippen LogP contribution is -2.74. The maximum Gasteiger partial charge on any atom is 0.270 e. The van der Waals surface area contributed by atoms with Crippen LogP contribution < -0.4 is 4.90 Å². The molecule has 4 rings (SSSR count). The molecule has 0 N–H and O–H groups in total. The summed E-state index contributed by atoms with van der Waals surface area (Å²) in [6.45, 7) is 2.11. The number of anilines is 1. The summed E-state index contributed by atoms with van der Waals surface area (Å²) in [6.07, 6.45) is 3.63. The van der Waals surface area contributed by atoms with Gasteiger partial charge in [-0.25, -0.2) is 4.39 Å². The molecule has 1 amide bonds. The lowest BCUT2D eigenvalue weighted by atomic mass is 9.73. The minimum Gasteiger partial charge on any atom is -0.377 e. The van der Waals surface area contributed by atoms with Gasteiger partial charge in [0.05, 0.1) is 11.6 Å². The van der Waals surface area contributed by atoms with E-state index in [-0.39, 0.29) is 23.4 Å². The summed E-state index contributed by atoms with van der Waals surface area (Å²) >= 11 is 0. The Morgan fingerprint density at radius 3 is 2.62 bits per heavy atom. The molecule has 26 heavy (non-hydrogen) atoms. The van der Waals surface area contributed by atoms with Gasteiger partial charge in [0.1, 0.15) is 11.5 Å². The second kappa shape index (κ2) is 6.43. The Labute approximate surface area is 153 Å². The maximum atomic E-state index is 13.7. The number of nitrogens with zero attached hydrogens (tertiary/aromatic N) is 3. The van der Waals surface area contributed by atoms with Crippen LogP contribution in [-0.4, -0.2) is 53.8 Å². The van der Waals surface area contributed by atoms with Crippen molar-refractivity contribution in [2.24, 2.45) is 7.05 Å². The monoisotopic (exact) mass is 357 g/mol. The number of benzene rings is 1. The van der Waals surface area contributed by atoms with Crippen molar-refractivity contribution in [2.45, 2.75) is 24.5 Å². The molecular weight excluding hydrogens is 333 g/mol. The number of aryl methyl sites for hydroxylation is 1. The molecule has 2 aromatic rings. The summed E-state index contributed by atoms with van der Waals surface area (Å²) in [5, 5.41) is 0. The van der Waals surface area contributed by atoms with E-state index in [9.17, 15) is 9.18 Å². The number of likely N-dealkylation sites (tertiary alicyclic amines) is 1. The first-order valence-electron chi connectivity index (χ1n) is 9.02. The van der Waals surface area contributed by atoms with Crippen LogP contribution in [0.25, 0.3) is 0 Å². The van der Waals surface area contributed by atoms with Crippen molar-refractivity contribution < 1.29 is 13.9 Å². The molecule has 1 unspecified atom stereocenters. The molecule has 2 saturated heterocycles. The van der Waals surface area contributed by atoms with Crippen LogP contribution in [0.2, 0.25) is 0 Å². The Morgan fingerprint density at radius 1 is 1.23 bits per heavy atom. The Hall–Kier alpha value is -2.34. The molecule has 5 nitrogen and oxygen atoms in total. The normalized spacial score (nSPS) is 21.7. The number of piperidine rings is 1. The summed E-state index contributed by atoms with van der Waals surface area (Å²) in [6, 6.07) is 10.5. The van der Waals surface area contributed by atoms with Crippen molar-refractivity contribution in [1.29, 1.82) is 0 Å². The van der Waals surface area contributed by atoms with Gasteiger partial charge < -0.3 is 19.1 Å². The molecule has 138 valence electrons. The van der Waals surface area contributed by atoms with Crippen molar-refractivity contribution in [3.8, 4) is 0 Å². The standard InChI is InChI=1S/C20H24FN3O2/c1-22-10-4-7-17(22)19(25)23-11-8-20(9-12-23)18(26-2)14-24(20)16-6-3-5-15(21)13-16/h3-7,10,13,18H,8-9,11-12,14H2,1-2H3. The predicted molar refractivity (Wildman–Crippen MR) is 97.8 cm³/mol. The molecule has 0 saturated carbocycles. The fourth-order valence-electron chi connectivity index (χ4n) is 4.41. The Morgan fingerprint density at radius 2 is 2.00 bits per heavy atom. The quantitative estimate of drug-likeness (QED) is 0.848.